The van der Waals surface area contributed by atoms with E-state index in [2.05, 4.69) is 42.2 Å². The smallest absolute Gasteiger partial charge is 0.251 e. The average Bonchev–Trinajstić information content (AvgIpc) is 3.47. The Morgan fingerprint density at radius 3 is 2.58 bits per heavy atom. The van der Waals surface area contributed by atoms with Crippen LogP contribution >= 0.6 is 15.9 Å². The summed E-state index contributed by atoms with van der Waals surface area (Å²) in [6.07, 6.45) is 2.01. The summed E-state index contributed by atoms with van der Waals surface area (Å²) < 4.78 is 0.874. The van der Waals surface area contributed by atoms with Crippen molar-refractivity contribution >= 4 is 33.7 Å². The van der Waals surface area contributed by atoms with Crippen molar-refractivity contribution in [3.63, 3.8) is 0 Å². The van der Waals surface area contributed by atoms with Crippen LogP contribution in [-0.2, 0) is 4.79 Å². The van der Waals surface area contributed by atoms with E-state index < -0.39 is 0 Å². The van der Waals surface area contributed by atoms with E-state index in [0.717, 1.165) is 23.9 Å². The summed E-state index contributed by atoms with van der Waals surface area (Å²) in [5.41, 5.74) is 0.617. The normalized spacial score (nSPS) is 13.8. The predicted octanol–water partition coefficient (Wildman–Crippen LogP) is 1.26. The molecule has 4 N–H and O–H groups in total. The molecule has 0 atom stereocenters. The maximum absolute atomic E-state index is 12.1. The number of benzene rings is 1. The molecule has 8 heteroatoms. The second kappa shape index (κ2) is 10.8. The van der Waals surface area contributed by atoms with Crippen LogP contribution in [0.3, 0.4) is 0 Å². The Morgan fingerprint density at radius 1 is 1.12 bits per heavy atom. The Hall–Kier alpha value is -2.09. The van der Waals surface area contributed by atoms with Crippen LogP contribution < -0.4 is 21.3 Å². The summed E-state index contributed by atoms with van der Waals surface area (Å²) in [5.74, 6) is 0.912. The maximum Gasteiger partial charge on any atom is 0.251 e. The van der Waals surface area contributed by atoms with Crippen LogP contribution in [0.1, 0.15) is 30.1 Å². The molecule has 2 rings (SSSR count). The van der Waals surface area contributed by atoms with Crippen LogP contribution in [-0.4, -0.2) is 50.5 Å². The molecular weight excluding hydrogens is 398 g/mol. The minimum atomic E-state index is -0.113. The molecule has 1 saturated carbocycles. The van der Waals surface area contributed by atoms with Gasteiger partial charge in [-0.2, -0.15) is 0 Å². The topological polar surface area (TPSA) is 94.6 Å². The van der Waals surface area contributed by atoms with Gasteiger partial charge in [0.05, 0.1) is 6.54 Å². The summed E-state index contributed by atoms with van der Waals surface area (Å²) in [6, 6.07) is 7.26. The van der Waals surface area contributed by atoms with E-state index in [1.165, 1.54) is 0 Å². The van der Waals surface area contributed by atoms with E-state index >= 15 is 0 Å². The minimum Gasteiger partial charge on any atom is -0.357 e. The number of halogens is 1. The van der Waals surface area contributed by atoms with Gasteiger partial charge >= 0.3 is 0 Å². The number of guanidine groups is 1. The number of rotatable bonds is 9. The fourth-order valence-corrected chi connectivity index (χ4v) is 2.67. The first-order valence-electron chi connectivity index (χ1n) is 8.93. The molecule has 1 aromatic carbocycles. The van der Waals surface area contributed by atoms with Crippen molar-refractivity contribution in [3.05, 3.63) is 34.3 Å². The molecule has 26 heavy (non-hydrogen) atoms. The Bertz CT molecular complexity index is 646. The van der Waals surface area contributed by atoms with Crippen molar-refractivity contribution in [1.82, 2.24) is 21.3 Å². The number of nitrogens with one attached hydrogen (secondary N) is 4. The summed E-state index contributed by atoms with van der Waals surface area (Å²) >= 11 is 3.36. The van der Waals surface area contributed by atoms with Gasteiger partial charge in [-0.05, 0) is 38.0 Å². The van der Waals surface area contributed by atoms with Crippen molar-refractivity contribution in [3.8, 4) is 0 Å². The van der Waals surface area contributed by atoms with Gasteiger partial charge in [-0.3, -0.25) is 14.6 Å². The second-order valence-corrected chi connectivity index (χ2v) is 6.93. The third-order valence-corrected chi connectivity index (χ3v) is 4.26. The summed E-state index contributed by atoms with van der Waals surface area (Å²) in [5, 5.41) is 12.1. The Balaban J connectivity index is 1.65. The first kappa shape index (κ1) is 20.2. The van der Waals surface area contributed by atoms with Crippen molar-refractivity contribution in [1.29, 1.82) is 0 Å². The molecule has 0 radical (unpaired) electrons. The van der Waals surface area contributed by atoms with E-state index in [1.54, 1.807) is 12.1 Å². The van der Waals surface area contributed by atoms with Crippen LogP contribution in [0.2, 0.25) is 0 Å². The summed E-state index contributed by atoms with van der Waals surface area (Å²) in [6.45, 7) is 4.81. The Labute approximate surface area is 162 Å². The number of amides is 2. The Morgan fingerprint density at radius 2 is 1.88 bits per heavy atom. The predicted molar refractivity (Wildman–Crippen MR) is 106 cm³/mol. The standard InChI is InChI=1S/C18H26BrN5O2/c1-2-20-18(23-10-8-21-16(25)13-6-7-13)24-11-9-22-17(26)14-4-3-5-15(19)12-14/h3-5,12-13H,2,6-11H2,1H3,(H,21,25)(H,22,26)(H2,20,23,24). The molecule has 142 valence electrons. The molecule has 0 aromatic heterocycles. The Kier molecular flexibility index (Phi) is 8.40. The lowest BCUT2D eigenvalue weighted by molar-refractivity contribution is -0.122. The minimum absolute atomic E-state index is 0.113. The molecule has 0 heterocycles. The third kappa shape index (κ3) is 7.43. The zero-order chi connectivity index (χ0) is 18.8. The van der Waals surface area contributed by atoms with Gasteiger partial charge < -0.3 is 21.3 Å². The van der Waals surface area contributed by atoms with Gasteiger partial charge in [-0.1, -0.05) is 22.0 Å². The highest BCUT2D eigenvalue weighted by atomic mass is 79.9. The molecule has 1 aliphatic rings. The number of carbonyl (C=O) groups is 2. The molecular formula is C18H26BrN5O2. The van der Waals surface area contributed by atoms with Gasteiger partial charge in [0.2, 0.25) is 5.91 Å². The number of nitrogens with zero attached hydrogens (tertiary/aromatic N) is 1. The van der Waals surface area contributed by atoms with Crippen molar-refractivity contribution in [2.75, 3.05) is 32.7 Å². The molecule has 1 fully saturated rings. The van der Waals surface area contributed by atoms with Gasteiger partial charge in [0, 0.05) is 42.1 Å². The molecule has 1 aromatic rings. The van der Waals surface area contributed by atoms with E-state index in [9.17, 15) is 9.59 Å². The van der Waals surface area contributed by atoms with Gasteiger partial charge in [-0.15, -0.1) is 0 Å². The highest BCUT2D eigenvalue weighted by Crippen LogP contribution is 2.28. The zero-order valence-electron chi connectivity index (χ0n) is 15.0. The fraction of sp³-hybridized carbons (Fsp3) is 0.500. The number of carbonyl (C=O) groups excluding carboxylic acids is 2. The molecule has 1 aliphatic carbocycles. The number of hydrogen-bond acceptors (Lipinski definition) is 3. The van der Waals surface area contributed by atoms with Crippen molar-refractivity contribution < 1.29 is 9.59 Å². The van der Waals surface area contributed by atoms with Crippen molar-refractivity contribution in [2.24, 2.45) is 10.9 Å². The van der Waals surface area contributed by atoms with E-state index in [1.807, 2.05) is 19.1 Å². The molecule has 0 aliphatic heterocycles. The highest BCUT2D eigenvalue weighted by molar-refractivity contribution is 9.10. The largest absolute Gasteiger partial charge is 0.357 e. The molecule has 2 amide bonds. The highest BCUT2D eigenvalue weighted by Gasteiger charge is 2.28. The molecule has 7 nitrogen and oxygen atoms in total. The quantitative estimate of drug-likeness (QED) is 0.273. The van der Waals surface area contributed by atoms with Crippen LogP contribution in [0.25, 0.3) is 0 Å². The molecule has 0 saturated heterocycles. The lowest BCUT2D eigenvalue weighted by Gasteiger charge is -2.12. The van der Waals surface area contributed by atoms with Crippen molar-refractivity contribution in [2.45, 2.75) is 19.8 Å². The molecule has 0 spiro atoms. The van der Waals surface area contributed by atoms with Gasteiger partial charge in [-0.25, -0.2) is 0 Å². The van der Waals surface area contributed by atoms with Gasteiger partial charge in [0.1, 0.15) is 0 Å². The van der Waals surface area contributed by atoms with E-state index in [0.29, 0.717) is 37.7 Å². The first-order chi connectivity index (χ1) is 12.6. The fourth-order valence-electron chi connectivity index (χ4n) is 2.27. The molecule has 0 bridgehead atoms. The summed E-state index contributed by atoms with van der Waals surface area (Å²) in [4.78, 5) is 28.0. The van der Waals surface area contributed by atoms with Crippen LogP contribution in [0.5, 0.6) is 0 Å². The van der Waals surface area contributed by atoms with Crippen LogP contribution in [0.4, 0.5) is 0 Å². The third-order valence-electron chi connectivity index (χ3n) is 3.76. The average molecular weight is 424 g/mol. The SMILES string of the molecule is CCNC(=NCCNC(=O)C1CC1)NCCNC(=O)c1cccc(Br)c1. The first-order valence-corrected chi connectivity index (χ1v) is 9.73. The number of hydrogen-bond donors (Lipinski definition) is 4. The van der Waals surface area contributed by atoms with Crippen LogP contribution in [0.15, 0.2) is 33.7 Å². The van der Waals surface area contributed by atoms with Crippen LogP contribution in [0, 0.1) is 5.92 Å². The lowest BCUT2D eigenvalue weighted by Crippen LogP contribution is -2.42. The van der Waals surface area contributed by atoms with Gasteiger partial charge in [0.25, 0.3) is 5.91 Å². The van der Waals surface area contributed by atoms with E-state index in [4.69, 9.17) is 0 Å². The molecule has 0 unspecified atom stereocenters. The second-order valence-electron chi connectivity index (χ2n) is 6.02. The number of aliphatic imine (C=N–C) groups is 1. The monoisotopic (exact) mass is 423 g/mol. The zero-order valence-corrected chi connectivity index (χ0v) is 16.6. The van der Waals surface area contributed by atoms with Gasteiger partial charge in [0.15, 0.2) is 5.96 Å². The lowest BCUT2D eigenvalue weighted by atomic mass is 10.2. The summed E-state index contributed by atoms with van der Waals surface area (Å²) in [7, 11) is 0. The maximum atomic E-state index is 12.1. The van der Waals surface area contributed by atoms with E-state index in [-0.39, 0.29) is 17.7 Å².